The van der Waals surface area contributed by atoms with Crippen LogP contribution < -0.4 is 5.32 Å². The van der Waals surface area contributed by atoms with Crippen molar-refractivity contribution in [1.29, 1.82) is 0 Å². The van der Waals surface area contributed by atoms with Gasteiger partial charge in [0.05, 0.1) is 6.10 Å². The van der Waals surface area contributed by atoms with Crippen LogP contribution in [0.3, 0.4) is 0 Å². The first-order chi connectivity index (χ1) is 9.16. The van der Waals surface area contributed by atoms with E-state index in [-0.39, 0.29) is 11.9 Å². The van der Waals surface area contributed by atoms with Gasteiger partial charge in [-0.3, -0.25) is 0 Å². The number of ether oxygens (including phenoxy) is 1. The molecule has 0 spiro atoms. The van der Waals surface area contributed by atoms with Gasteiger partial charge in [-0.2, -0.15) is 0 Å². The van der Waals surface area contributed by atoms with E-state index in [0.717, 1.165) is 6.42 Å². The maximum atomic E-state index is 13.3. The van der Waals surface area contributed by atoms with Crippen LogP contribution in [0, 0.1) is 5.82 Å². The third-order valence-corrected chi connectivity index (χ3v) is 3.28. The van der Waals surface area contributed by atoms with E-state index in [1.807, 2.05) is 6.07 Å². The summed E-state index contributed by atoms with van der Waals surface area (Å²) in [7, 11) is 0. The fourth-order valence-corrected chi connectivity index (χ4v) is 2.22. The first-order valence-electron chi connectivity index (χ1n) is 6.49. The summed E-state index contributed by atoms with van der Waals surface area (Å²) in [6, 6.07) is 6.71. The van der Waals surface area contributed by atoms with Crippen molar-refractivity contribution < 1.29 is 19.0 Å². The summed E-state index contributed by atoms with van der Waals surface area (Å²) in [6.45, 7) is 1.26. The Balaban J connectivity index is 1.65. The van der Waals surface area contributed by atoms with Gasteiger partial charge < -0.3 is 15.2 Å². The Hall–Kier alpha value is -1.46. The predicted molar refractivity (Wildman–Crippen MR) is 68.5 cm³/mol. The number of carbonyl (C=O) groups is 1. The van der Waals surface area contributed by atoms with Crippen LogP contribution in [-0.4, -0.2) is 36.4 Å². The van der Waals surface area contributed by atoms with Crippen LogP contribution in [0.5, 0.6) is 0 Å². The molecule has 1 aliphatic heterocycles. The van der Waals surface area contributed by atoms with E-state index in [9.17, 15) is 9.18 Å². The normalized spacial score (nSPS) is 22.6. The number of hydrogen-bond donors (Lipinski definition) is 2. The Morgan fingerprint density at radius 1 is 1.42 bits per heavy atom. The molecule has 104 valence electrons. The highest BCUT2D eigenvalue weighted by atomic mass is 19.1. The predicted octanol–water partition coefficient (Wildman–Crippen LogP) is 1.59. The van der Waals surface area contributed by atoms with Gasteiger partial charge in [0, 0.05) is 6.54 Å². The lowest BCUT2D eigenvalue weighted by Gasteiger charge is -2.12. The summed E-state index contributed by atoms with van der Waals surface area (Å²) in [5, 5.41) is 12.0. The van der Waals surface area contributed by atoms with Crippen LogP contribution in [0.4, 0.5) is 4.39 Å². The summed E-state index contributed by atoms with van der Waals surface area (Å²) in [4.78, 5) is 10.7. The van der Waals surface area contributed by atoms with E-state index in [1.54, 1.807) is 12.1 Å². The lowest BCUT2D eigenvalue weighted by molar-refractivity contribution is -0.149. The molecule has 1 aliphatic rings. The number of benzene rings is 1. The highest BCUT2D eigenvalue weighted by Gasteiger charge is 2.29. The molecule has 2 rings (SSSR count). The maximum Gasteiger partial charge on any atom is 0.332 e. The first kappa shape index (κ1) is 14.0. The van der Waals surface area contributed by atoms with Gasteiger partial charge in [-0.15, -0.1) is 0 Å². The Bertz CT molecular complexity index is 438. The molecule has 1 fully saturated rings. The summed E-state index contributed by atoms with van der Waals surface area (Å²) >= 11 is 0. The molecule has 0 aromatic heterocycles. The molecule has 2 atom stereocenters. The van der Waals surface area contributed by atoms with Crippen molar-refractivity contribution >= 4 is 5.97 Å². The topological polar surface area (TPSA) is 58.6 Å². The summed E-state index contributed by atoms with van der Waals surface area (Å²) in [6.07, 6.45) is 1.21. The zero-order valence-corrected chi connectivity index (χ0v) is 10.6. The number of rotatable bonds is 6. The smallest absolute Gasteiger partial charge is 0.332 e. The zero-order chi connectivity index (χ0) is 13.7. The van der Waals surface area contributed by atoms with Gasteiger partial charge in [-0.25, -0.2) is 9.18 Å². The van der Waals surface area contributed by atoms with Crippen LogP contribution >= 0.6 is 0 Å². The standard InChI is InChI=1S/C14H18FNO3/c15-12-4-2-1-3-10(12)7-8-16-9-11-5-6-13(19-11)14(17)18/h1-4,11,13,16H,5-9H2,(H,17,18). The number of nitrogens with one attached hydrogen (secondary N) is 1. The molecule has 0 saturated carbocycles. The highest BCUT2D eigenvalue weighted by Crippen LogP contribution is 2.19. The van der Waals surface area contributed by atoms with E-state index in [1.165, 1.54) is 6.07 Å². The van der Waals surface area contributed by atoms with E-state index in [0.29, 0.717) is 31.5 Å². The van der Waals surface area contributed by atoms with Crippen molar-refractivity contribution in [2.45, 2.75) is 31.5 Å². The minimum Gasteiger partial charge on any atom is -0.479 e. The van der Waals surface area contributed by atoms with Crippen LogP contribution in [0.1, 0.15) is 18.4 Å². The molecule has 2 N–H and O–H groups in total. The summed E-state index contributed by atoms with van der Waals surface area (Å²) < 4.78 is 18.7. The second-order valence-electron chi connectivity index (χ2n) is 4.71. The minimum absolute atomic E-state index is 0.0540. The highest BCUT2D eigenvalue weighted by molar-refractivity contribution is 5.72. The molecule has 4 nitrogen and oxygen atoms in total. The van der Waals surface area contributed by atoms with Gasteiger partial charge in [0.15, 0.2) is 6.10 Å². The van der Waals surface area contributed by atoms with Crippen molar-refractivity contribution in [3.8, 4) is 0 Å². The third-order valence-electron chi connectivity index (χ3n) is 3.28. The largest absolute Gasteiger partial charge is 0.479 e. The van der Waals surface area contributed by atoms with Crippen molar-refractivity contribution in [3.05, 3.63) is 35.6 Å². The third kappa shape index (κ3) is 4.01. The van der Waals surface area contributed by atoms with Gasteiger partial charge in [-0.05, 0) is 37.4 Å². The van der Waals surface area contributed by atoms with E-state index < -0.39 is 12.1 Å². The average molecular weight is 267 g/mol. The molecule has 1 saturated heterocycles. The van der Waals surface area contributed by atoms with Gasteiger partial charge in [0.25, 0.3) is 0 Å². The van der Waals surface area contributed by atoms with E-state index in [2.05, 4.69) is 5.32 Å². The molecule has 0 radical (unpaired) electrons. The molecule has 19 heavy (non-hydrogen) atoms. The van der Waals surface area contributed by atoms with Crippen molar-refractivity contribution in [2.75, 3.05) is 13.1 Å². The number of carboxylic acids is 1. The van der Waals surface area contributed by atoms with E-state index >= 15 is 0 Å². The van der Waals surface area contributed by atoms with Crippen molar-refractivity contribution in [3.63, 3.8) is 0 Å². The molecule has 1 aromatic rings. The van der Waals surface area contributed by atoms with Crippen LogP contribution in [0.25, 0.3) is 0 Å². The molecular formula is C14H18FNO3. The second kappa shape index (κ2) is 6.63. The summed E-state index contributed by atoms with van der Waals surface area (Å²) in [5.74, 6) is -1.08. The van der Waals surface area contributed by atoms with Crippen LogP contribution in [0.15, 0.2) is 24.3 Å². The molecule has 0 aliphatic carbocycles. The van der Waals surface area contributed by atoms with E-state index in [4.69, 9.17) is 9.84 Å². The van der Waals surface area contributed by atoms with Gasteiger partial charge in [-0.1, -0.05) is 18.2 Å². The second-order valence-corrected chi connectivity index (χ2v) is 4.71. The molecular weight excluding hydrogens is 249 g/mol. The maximum absolute atomic E-state index is 13.3. The fraction of sp³-hybridized carbons (Fsp3) is 0.500. The van der Waals surface area contributed by atoms with Gasteiger partial charge >= 0.3 is 5.97 Å². The lowest BCUT2D eigenvalue weighted by atomic mass is 10.1. The molecule has 5 heteroatoms. The van der Waals surface area contributed by atoms with Crippen LogP contribution in [0.2, 0.25) is 0 Å². The Kier molecular flexibility index (Phi) is 4.87. The summed E-state index contributed by atoms with van der Waals surface area (Å²) in [5.41, 5.74) is 0.686. The van der Waals surface area contributed by atoms with Crippen molar-refractivity contribution in [2.24, 2.45) is 0 Å². The van der Waals surface area contributed by atoms with Gasteiger partial charge in [0.1, 0.15) is 5.82 Å². The first-order valence-corrected chi connectivity index (χ1v) is 6.49. The number of carboxylic acid groups (broad SMARTS) is 1. The average Bonchev–Trinajstić information content (AvgIpc) is 2.85. The molecule has 0 amide bonds. The molecule has 1 aromatic carbocycles. The molecule has 1 heterocycles. The number of hydrogen-bond acceptors (Lipinski definition) is 3. The monoisotopic (exact) mass is 267 g/mol. The quantitative estimate of drug-likeness (QED) is 0.768. The number of aliphatic carboxylic acids is 1. The lowest BCUT2D eigenvalue weighted by Crippen LogP contribution is -2.30. The fourth-order valence-electron chi connectivity index (χ4n) is 2.22. The van der Waals surface area contributed by atoms with Gasteiger partial charge in [0.2, 0.25) is 0 Å². The molecule has 0 bridgehead atoms. The Morgan fingerprint density at radius 2 is 2.21 bits per heavy atom. The Morgan fingerprint density at radius 3 is 2.89 bits per heavy atom. The number of halogens is 1. The Labute approximate surface area is 111 Å². The zero-order valence-electron chi connectivity index (χ0n) is 10.6. The van der Waals surface area contributed by atoms with Crippen LogP contribution in [-0.2, 0) is 16.0 Å². The SMILES string of the molecule is O=C(O)C1CCC(CNCCc2ccccc2F)O1. The molecule has 2 unspecified atom stereocenters. The van der Waals surface area contributed by atoms with Crippen molar-refractivity contribution in [1.82, 2.24) is 5.32 Å². The minimum atomic E-state index is -0.895.